The summed E-state index contributed by atoms with van der Waals surface area (Å²) in [5, 5.41) is 1.97. The van der Waals surface area contributed by atoms with Gasteiger partial charge in [0.15, 0.2) is 0 Å². The summed E-state index contributed by atoms with van der Waals surface area (Å²) in [7, 11) is 0. The van der Waals surface area contributed by atoms with Crippen molar-refractivity contribution in [3.63, 3.8) is 0 Å². The Morgan fingerprint density at radius 3 is 2.41 bits per heavy atom. The summed E-state index contributed by atoms with van der Waals surface area (Å²) in [6.07, 6.45) is -0.119. The van der Waals surface area contributed by atoms with Crippen molar-refractivity contribution >= 4 is 28.5 Å². The van der Waals surface area contributed by atoms with E-state index < -0.39 is 11.9 Å². The van der Waals surface area contributed by atoms with Crippen LogP contribution in [0.25, 0.3) is 10.8 Å². The third-order valence-electron chi connectivity index (χ3n) is 3.28. The SMILES string of the molecule is NCC(=O)CCC(=O)OC(=O)Cc1cccc2ccccc12. The summed E-state index contributed by atoms with van der Waals surface area (Å²) in [5.74, 6) is -1.56. The van der Waals surface area contributed by atoms with Crippen LogP contribution in [0.3, 0.4) is 0 Å². The summed E-state index contributed by atoms with van der Waals surface area (Å²) < 4.78 is 4.73. The molecule has 0 spiro atoms. The van der Waals surface area contributed by atoms with E-state index >= 15 is 0 Å². The van der Waals surface area contributed by atoms with Crippen LogP contribution >= 0.6 is 0 Å². The number of carbonyl (C=O) groups excluding carboxylic acids is 3. The number of esters is 2. The molecule has 0 atom stereocenters. The molecule has 5 heteroatoms. The first-order valence-corrected chi connectivity index (χ1v) is 7.02. The lowest BCUT2D eigenvalue weighted by atomic mass is 10.0. The lowest BCUT2D eigenvalue weighted by Crippen LogP contribution is -2.18. The topological polar surface area (TPSA) is 86.5 Å². The summed E-state index contributed by atoms with van der Waals surface area (Å²) >= 11 is 0. The first-order valence-electron chi connectivity index (χ1n) is 7.02. The van der Waals surface area contributed by atoms with Crippen LogP contribution in [0.4, 0.5) is 0 Å². The average Bonchev–Trinajstić information content (AvgIpc) is 2.53. The summed E-state index contributed by atoms with van der Waals surface area (Å²) in [4.78, 5) is 34.3. The molecule has 5 nitrogen and oxygen atoms in total. The fourth-order valence-electron chi connectivity index (χ4n) is 2.16. The lowest BCUT2D eigenvalue weighted by molar-refractivity contribution is -0.159. The second-order valence-corrected chi connectivity index (χ2v) is 4.90. The highest BCUT2D eigenvalue weighted by atomic mass is 16.6. The third kappa shape index (κ3) is 4.23. The number of ketones is 1. The van der Waals surface area contributed by atoms with Crippen LogP contribution in [0, 0.1) is 0 Å². The fraction of sp³-hybridized carbons (Fsp3) is 0.235. The zero-order valence-electron chi connectivity index (χ0n) is 12.1. The Hall–Kier alpha value is -2.53. The van der Waals surface area contributed by atoms with Gasteiger partial charge in [-0.3, -0.25) is 14.4 Å². The van der Waals surface area contributed by atoms with Gasteiger partial charge in [0.25, 0.3) is 0 Å². The van der Waals surface area contributed by atoms with E-state index in [0.717, 1.165) is 16.3 Å². The summed E-state index contributed by atoms with van der Waals surface area (Å²) in [6, 6.07) is 13.3. The van der Waals surface area contributed by atoms with Crippen LogP contribution in [0.2, 0.25) is 0 Å². The predicted octanol–water partition coefficient (Wildman–Crippen LogP) is 1.76. The van der Waals surface area contributed by atoms with Crippen LogP contribution in [0.15, 0.2) is 42.5 Å². The molecular formula is C17H17NO4. The van der Waals surface area contributed by atoms with Crippen LogP contribution in [0.1, 0.15) is 18.4 Å². The number of nitrogens with two attached hydrogens (primary N) is 1. The number of hydrogen-bond donors (Lipinski definition) is 1. The number of hydrogen-bond acceptors (Lipinski definition) is 5. The van der Waals surface area contributed by atoms with Gasteiger partial charge in [-0.2, -0.15) is 0 Å². The van der Waals surface area contributed by atoms with E-state index in [9.17, 15) is 14.4 Å². The molecule has 0 aliphatic carbocycles. The van der Waals surface area contributed by atoms with Gasteiger partial charge in [-0.15, -0.1) is 0 Å². The average molecular weight is 299 g/mol. The zero-order valence-corrected chi connectivity index (χ0v) is 12.1. The molecule has 2 aromatic carbocycles. The quantitative estimate of drug-likeness (QED) is 0.649. The van der Waals surface area contributed by atoms with Gasteiger partial charge in [0.2, 0.25) is 0 Å². The number of carbonyl (C=O) groups is 3. The van der Waals surface area contributed by atoms with Crippen molar-refractivity contribution in [2.45, 2.75) is 19.3 Å². The van der Waals surface area contributed by atoms with Crippen LogP contribution in [-0.4, -0.2) is 24.3 Å². The minimum Gasteiger partial charge on any atom is -0.393 e. The second-order valence-electron chi connectivity index (χ2n) is 4.90. The molecule has 0 saturated carbocycles. The van der Waals surface area contributed by atoms with Gasteiger partial charge in [0.05, 0.1) is 19.4 Å². The minimum absolute atomic E-state index is 0.00309. The second kappa shape index (κ2) is 7.47. The van der Waals surface area contributed by atoms with Crippen molar-refractivity contribution in [2.75, 3.05) is 6.54 Å². The maximum Gasteiger partial charge on any atom is 0.317 e. The Balaban J connectivity index is 1.96. The lowest BCUT2D eigenvalue weighted by Gasteiger charge is -2.06. The van der Waals surface area contributed by atoms with Gasteiger partial charge < -0.3 is 10.5 Å². The number of fused-ring (bicyclic) bond motifs is 1. The molecule has 0 unspecified atom stereocenters. The number of Topliss-reactive ketones (excluding diaryl/α,β-unsaturated/α-hetero) is 1. The molecule has 0 amide bonds. The van der Waals surface area contributed by atoms with Gasteiger partial charge in [-0.25, -0.2) is 0 Å². The van der Waals surface area contributed by atoms with Gasteiger partial charge in [0.1, 0.15) is 5.78 Å². The van der Waals surface area contributed by atoms with E-state index in [2.05, 4.69) is 0 Å². The van der Waals surface area contributed by atoms with Crippen molar-refractivity contribution in [3.8, 4) is 0 Å². The smallest absolute Gasteiger partial charge is 0.317 e. The van der Waals surface area contributed by atoms with Gasteiger partial charge in [-0.1, -0.05) is 42.5 Å². The molecule has 0 radical (unpaired) electrons. The van der Waals surface area contributed by atoms with Crippen molar-refractivity contribution in [3.05, 3.63) is 48.0 Å². The molecule has 2 N–H and O–H groups in total. The normalized spacial score (nSPS) is 10.4. The molecule has 22 heavy (non-hydrogen) atoms. The molecule has 0 saturated heterocycles. The summed E-state index contributed by atoms with van der Waals surface area (Å²) in [5.41, 5.74) is 5.95. The first kappa shape index (κ1) is 15.9. The highest BCUT2D eigenvalue weighted by molar-refractivity contribution is 5.93. The van der Waals surface area contributed by atoms with Crippen molar-refractivity contribution in [2.24, 2.45) is 5.73 Å². The molecular weight excluding hydrogens is 282 g/mol. The molecule has 0 fully saturated rings. The molecule has 2 aromatic rings. The standard InChI is InChI=1S/C17H17NO4/c18-11-14(19)8-9-16(20)22-17(21)10-13-6-3-5-12-4-1-2-7-15(12)13/h1-7H,8-11,18H2. The minimum atomic E-state index is -0.702. The molecule has 0 aliphatic rings. The van der Waals surface area contributed by atoms with E-state index in [1.165, 1.54) is 0 Å². The van der Waals surface area contributed by atoms with Crippen molar-refractivity contribution in [1.29, 1.82) is 0 Å². The maximum absolute atomic E-state index is 11.8. The number of ether oxygens (including phenoxy) is 1. The zero-order chi connectivity index (χ0) is 15.9. The molecule has 0 heterocycles. The molecule has 0 aliphatic heterocycles. The van der Waals surface area contributed by atoms with Crippen LogP contribution in [-0.2, 0) is 25.5 Å². The van der Waals surface area contributed by atoms with Gasteiger partial charge in [0, 0.05) is 6.42 Å². The van der Waals surface area contributed by atoms with Crippen molar-refractivity contribution < 1.29 is 19.1 Å². The Morgan fingerprint density at radius 1 is 0.909 bits per heavy atom. The van der Waals surface area contributed by atoms with Gasteiger partial charge >= 0.3 is 11.9 Å². The van der Waals surface area contributed by atoms with E-state index in [-0.39, 0.29) is 31.6 Å². The number of rotatable bonds is 6. The van der Waals surface area contributed by atoms with E-state index in [0.29, 0.717) is 0 Å². The molecule has 2 rings (SSSR count). The van der Waals surface area contributed by atoms with Crippen molar-refractivity contribution in [1.82, 2.24) is 0 Å². The monoisotopic (exact) mass is 299 g/mol. The number of benzene rings is 2. The highest BCUT2D eigenvalue weighted by Gasteiger charge is 2.14. The van der Waals surface area contributed by atoms with Gasteiger partial charge in [-0.05, 0) is 16.3 Å². The van der Waals surface area contributed by atoms with E-state index in [1.807, 2.05) is 42.5 Å². The van der Waals surface area contributed by atoms with E-state index in [1.54, 1.807) is 0 Å². The maximum atomic E-state index is 11.8. The molecule has 0 aromatic heterocycles. The molecule has 0 bridgehead atoms. The Labute approximate surface area is 128 Å². The Bertz CT molecular complexity index is 703. The predicted molar refractivity (Wildman–Crippen MR) is 82.0 cm³/mol. The molecule has 114 valence electrons. The fourth-order valence-corrected chi connectivity index (χ4v) is 2.16. The largest absolute Gasteiger partial charge is 0.393 e. The van der Waals surface area contributed by atoms with Crippen LogP contribution in [0.5, 0.6) is 0 Å². The van der Waals surface area contributed by atoms with E-state index in [4.69, 9.17) is 10.5 Å². The Morgan fingerprint density at radius 2 is 1.64 bits per heavy atom. The highest BCUT2D eigenvalue weighted by Crippen LogP contribution is 2.19. The van der Waals surface area contributed by atoms with Crippen LogP contribution < -0.4 is 5.73 Å². The third-order valence-corrected chi connectivity index (χ3v) is 3.28. The summed E-state index contributed by atoms with van der Waals surface area (Å²) in [6.45, 7) is -0.114. The first-order chi connectivity index (χ1) is 10.6. The Kier molecular flexibility index (Phi) is 5.38.